The van der Waals surface area contributed by atoms with Gasteiger partial charge >= 0.3 is 0 Å². The summed E-state index contributed by atoms with van der Waals surface area (Å²) in [5.74, 6) is 2.66. The molecule has 0 bridgehead atoms. The van der Waals surface area contributed by atoms with Crippen LogP contribution in [-0.2, 0) is 13.2 Å². The minimum Gasteiger partial charge on any atom is -0.496 e. The highest BCUT2D eigenvalue weighted by atomic mass is 16.5. The molecule has 10 heteroatoms. The Morgan fingerprint density at radius 2 is 1.88 bits per heavy atom. The molecule has 10 nitrogen and oxygen atoms in total. The number of aromatic nitrogens is 4. The largest absolute Gasteiger partial charge is 0.496 e. The highest BCUT2D eigenvalue weighted by molar-refractivity contribution is 5.86. The molecule has 2 aromatic carbocycles. The molecule has 6 N–H and O–H groups in total. The molecule has 1 unspecified atom stereocenters. The number of benzene rings is 2. The van der Waals surface area contributed by atoms with Gasteiger partial charge in [0, 0.05) is 11.6 Å². The van der Waals surface area contributed by atoms with Crippen LogP contribution in [0.4, 0.5) is 11.8 Å². The second-order valence-corrected chi connectivity index (χ2v) is 7.88. The van der Waals surface area contributed by atoms with Crippen LogP contribution >= 0.6 is 0 Å². The smallest absolute Gasteiger partial charge is 0.222 e. The van der Waals surface area contributed by atoms with Gasteiger partial charge in [-0.1, -0.05) is 25.5 Å². The van der Waals surface area contributed by atoms with E-state index >= 15 is 0 Å². The highest BCUT2D eigenvalue weighted by Gasteiger charge is 2.16. The summed E-state index contributed by atoms with van der Waals surface area (Å²) in [4.78, 5) is 8.67. The summed E-state index contributed by atoms with van der Waals surface area (Å²) >= 11 is 0. The third-order valence-corrected chi connectivity index (χ3v) is 5.35. The first-order valence-electron chi connectivity index (χ1n) is 11.1. The third-order valence-electron chi connectivity index (χ3n) is 5.35. The number of nitrogens with one attached hydrogen (secondary N) is 1. The van der Waals surface area contributed by atoms with Crippen LogP contribution in [0.5, 0.6) is 17.2 Å². The number of anilines is 2. The van der Waals surface area contributed by atoms with Crippen LogP contribution in [0, 0.1) is 0 Å². The van der Waals surface area contributed by atoms with Crippen molar-refractivity contribution in [2.75, 3.05) is 18.2 Å². The van der Waals surface area contributed by atoms with E-state index in [1.54, 1.807) is 18.0 Å². The molecule has 0 radical (unpaired) electrons. The van der Waals surface area contributed by atoms with E-state index < -0.39 is 0 Å². The van der Waals surface area contributed by atoms with Crippen LogP contribution in [-0.4, -0.2) is 38.1 Å². The maximum absolute atomic E-state index is 9.20. The van der Waals surface area contributed by atoms with E-state index in [0.717, 1.165) is 24.0 Å². The molecule has 2 aromatic heterocycles. The molecular formula is C24H29N7O3. The van der Waals surface area contributed by atoms with Crippen LogP contribution in [0.3, 0.4) is 0 Å². The molecule has 0 saturated carbocycles. The lowest BCUT2D eigenvalue weighted by atomic mass is 10.2. The Kier molecular flexibility index (Phi) is 7.09. The normalized spacial score (nSPS) is 12.0. The molecule has 0 aliphatic heterocycles. The zero-order valence-corrected chi connectivity index (χ0v) is 19.2. The Labute approximate surface area is 197 Å². The summed E-state index contributed by atoms with van der Waals surface area (Å²) in [7, 11) is 1.61. The van der Waals surface area contributed by atoms with E-state index in [-0.39, 0.29) is 18.7 Å². The van der Waals surface area contributed by atoms with Crippen molar-refractivity contribution >= 4 is 22.8 Å². The predicted molar refractivity (Wildman–Crippen MR) is 131 cm³/mol. The SMILES string of the molecule is CCCC(N)Nc1nc(N)nc2cnn(Cc3ccc(Oc4ccc(CO)cc4)cc3OC)c12. The molecule has 0 aliphatic carbocycles. The molecule has 4 aromatic rings. The van der Waals surface area contributed by atoms with Gasteiger partial charge in [0.1, 0.15) is 28.3 Å². The quantitative estimate of drug-likeness (QED) is 0.260. The number of fused-ring (bicyclic) bond motifs is 1. The Morgan fingerprint density at radius 3 is 2.59 bits per heavy atom. The molecule has 0 amide bonds. The van der Waals surface area contributed by atoms with E-state index in [0.29, 0.717) is 40.6 Å². The molecule has 178 valence electrons. The van der Waals surface area contributed by atoms with Crippen molar-refractivity contribution in [1.29, 1.82) is 0 Å². The fourth-order valence-corrected chi connectivity index (χ4v) is 3.68. The first kappa shape index (κ1) is 23.3. The second-order valence-electron chi connectivity index (χ2n) is 7.88. The summed E-state index contributed by atoms with van der Waals surface area (Å²) in [6.45, 7) is 2.48. The fraction of sp³-hybridized carbons (Fsp3) is 0.292. The summed E-state index contributed by atoms with van der Waals surface area (Å²) in [6.07, 6.45) is 3.12. The van der Waals surface area contributed by atoms with Crippen LogP contribution < -0.4 is 26.3 Å². The van der Waals surface area contributed by atoms with Crippen LogP contribution in [0.2, 0.25) is 0 Å². The minimum absolute atomic E-state index is 0.00961. The van der Waals surface area contributed by atoms with Crippen LogP contribution in [0.15, 0.2) is 48.7 Å². The summed E-state index contributed by atoms with van der Waals surface area (Å²) in [5.41, 5.74) is 15.1. The predicted octanol–water partition coefficient (Wildman–Crippen LogP) is 3.25. The van der Waals surface area contributed by atoms with Gasteiger partial charge in [0.15, 0.2) is 5.82 Å². The average molecular weight is 464 g/mol. The first-order valence-corrected chi connectivity index (χ1v) is 11.1. The zero-order valence-electron chi connectivity index (χ0n) is 19.2. The number of rotatable bonds is 10. The number of ether oxygens (including phenoxy) is 2. The number of hydrogen-bond donors (Lipinski definition) is 4. The lowest BCUT2D eigenvalue weighted by Crippen LogP contribution is -2.30. The van der Waals surface area contributed by atoms with Gasteiger partial charge in [-0.25, -0.2) is 4.98 Å². The van der Waals surface area contributed by atoms with Crippen molar-refractivity contribution in [3.8, 4) is 17.2 Å². The highest BCUT2D eigenvalue weighted by Crippen LogP contribution is 2.30. The standard InChI is InChI=1S/C24H29N7O3/c1-3-4-21(25)29-23-22-19(28-24(26)30-23)12-27-31(22)13-16-7-10-18(11-20(16)33-2)34-17-8-5-15(14-32)6-9-17/h5-12,21,32H,3-4,13-14,25H2,1-2H3,(H3,26,28,29,30). The fourth-order valence-electron chi connectivity index (χ4n) is 3.68. The maximum atomic E-state index is 9.20. The third kappa shape index (κ3) is 5.19. The van der Waals surface area contributed by atoms with E-state index in [1.165, 1.54) is 0 Å². The summed E-state index contributed by atoms with van der Waals surface area (Å²) < 4.78 is 13.4. The molecule has 0 spiro atoms. The van der Waals surface area contributed by atoms with Gasteiger partial charge in [-0.15, -0.1) is 0 Å². The number of nitrogen functional groups attached to an aromatic ring is 1. The Bertz CT molecular complexity index is 1260. The van der Waals surface area contributed by atoms with Gasteiger partial charge in [-0.3, -0.25) is 4.68 Å². The second kappa shape index (κ2) is 10.4. The number of nitrogens with two attached hydrogens (primary N) is 2. The van der Waals surface area contributed by atoms with Crippen molar-refractivity contribution in [3.05, 3.63) is 59.8 Å². The van der Waals surface area contributed by atoms with Gasteiger partial charge in [0.2, 0.25) is 5.95 Å². The average Bonchev–Trinajstić information content (AvgIpc) is 3.23. The Morgan fingerprint density at radius 1 is 1.12 bits per heavy atom. The topological polar surface area (TPSA) is 146 Å². The lowest BCUT2D eigenvalue weighted by Gasteiger charge is -2.16. The molecule has 1 atom stereocenters. The number of methoxy groups -OCH3 is 1. The molecule has 0 saturated heterocycles. The van der Waals surface area contributed by atoms with E-state index in [9.17, 15) is 5.11 Å². The van der Waals surface area contributed by atoms with Crippen LogP contribution in [0.25, 0.3) is 11.0 Å². The van der Waals surface area contributed by atoms with Gasteiger partial charge < -0.3 is 31.4 Å². The number of nitrogens with zero attached hydrogens (tertiary/aromatic N) is 4. The molecular weight excluding hydrogens is 434 g/mol. The monoisotopic (exact) mass is 463 g/mol. The molecule has 34 heavy (non-hydrogen) atoms. The Balaban J connectivity index is 1.61. The molecule has 0 fully saturated rings. The lowest BCUT2D eigenvalue weighted by molar-refractivity contribution is 0.281. The van der Waals surface area contributed by atoms with Gasteiger partial charge in [-0.05, 0) is 36.2 Å². The molecule has 2 heterocycles. The zero-order chi connectivity index (χ0) is 24.1. The van der Waals surface area contributed by atoms with Crippen molar-refractivity contribution in [3.63, 3.8) is 0 Å². The first-order chi connectivity index (χ1) is 16.5. The maximum Gasteiger partial charge on any atom is 0.222 e. The van der Waals surface area contributed by atoms with E-state index in [2.05, 4.69) is 27.3 Å². The number of aliphatic hydroxyl groups excluding tert-OH is 1. The van der Waals surface area contributed by atoms with E-state index in [1.807, 2.05) is 42.5 Å². The number of hydrogen-bond acceptors (Lipinski definition) is 9. The summed E-state index contributed by atoms with van der Waals surface area (Å²) in [6, 6.07) is 12.9. The van der Waals surface area contributed by atoms with Gasteiger partial charge in [-0.2, -0.15) is 10.1 Å². The van der Waals surface area contributed by atoms with Gasteiger partial charge in [0.25, 0.3) is 0 Å². The molecule has 4 rings (SSSR count). The van der Waals surface area contributed by atoms with Crippen molar-refractivity contribution in [2.45, 2.75) is 39.1 Å². The van der Waals surface area contributed by atoms with Crippen molar-refractivity contribution in [1.82, 2.24) is 19.7 Å². The van der Waals surface area contributed by atoms with Gasteiger partial charge in [0.05, 0.1) is 32.6 Å². The Hall–Kier alpha value is -3.89. The van der Waals surface area contributed by atoms with E-state index in [4.69, 9.17) is 20.9 Å². The summed E-state index contributed by atoms with van der Waals surface area (Å²) in [5, 5.41) is 16.9. The van der Waals surface area contributed by atoms with Crippen molar-refractivity contribution in [2.24, 2.45) is 5.73 Å². The van der Waals surface area contributed by atoms with Crippen molar-refractivity contribution < 1.29 is 14.6 Å². The molecule has 0 aliphatic rings. The van der Waals surface area contributed by atoms with Crippen LogP contribution in [0.1, 0.15) is 30.9 Å². The minimum atomic E-state index is -0.261. The number of aliphatic hydroxyl groups is 1.